The van der Waals surface area contributed by atoms with Crippen molar-refractivity contribution in [2.75, 3.05) is 13.7 Å². The lowest BCUT2D eigenvalue weighted by Gasteiger charge is -2.22. The van der Waals surface area contributed by atoms with E-state index in [2.05, 4.69) is 0 Å². The van der Waals surface area contributed by atoms with E-state index < -0.39 is 22.0 Å². The first-order chi connectivity index (χ1) is 9.78. The van der Waals surface area contributed by atoms with Crippen LogP contribution in [0.1, 0.15) is 18.4 Å². The molecular formula is C13H16ClNO5S. The van der Waals surface area contributed by atoms with Gasteiger partial charge in [-0.05, 0) is 37.5 Å². The molecule has 6 nitrogen and oxygen atoms in total. The molecule has 0 spiro atoms. The smallest absolute Gasteiger partial charge is 0.322 e. The molecule has 1 aromatic carbocycles. The summed E-state index contributed by atoms with van der Waals surface area (Å²) in [5, 5.41) is 9.45. The lowest BCUT2D eigenvalue weighted by atomic mass is 10.2. The standard InChI is InChI=1S/C13H16ClNO5S/c1-8-6-11(20-2)12(7-9(8)14)21(18,19)15-5-3-4-10(15)13(16)17/h6-7,10H,3-5H2,1-2H3,(H,16,17)/t10-/m0/s1. The summed E-state index contributed by atoms with van der Waals surface area (Å²) in [6, 6.07) is 1.79. The Labute approximate surface area is 128 Å². The second-order valence-corrected chi connectivity index (χ2v) is 7.13. The van der Waals surface area contributed by atoms with E-state index in [-0.39, 0.29) is 17.2 Å². The number of aryl methyl sites for hydroxylation is 1. The van der Waals surface area contributed by atoms with Gasteiger partial charge < -0.3 is 9.84 Å². The molecule has 1 saturated heterocycles. The van der Waals surface area contributed by atoms with Crippen molar-refractivity contribution < 1.29 is 23.1 Å². The maximum absolute atomic E-state index is 12.7. The predicted octanol–water partition coefficient (Wildman–Crippen LogP) is 1.89. The summed E-state index contributed by atoms with van der Waals surface area (Å²) in [6.45, 7) is 1.91. The molecule has 0 radical (unpaired) electrons. The summed E-state index contributed by atoms with van der Waals surface area (Å²) >= 11 is 6.00. The number of nitrogens with zero attached hydrogens (tertiary/aromatic N) is 1. The minimum atomic E-state index is -3.97. The fourth-order valence-corrected chi connectivity index (χ4v) is 4.44. The summed E-state index contributed by atoms with van der Waals surface area (Å²) in [4.78, 5) is 11.1. The highest BCUT2D eigenvalue weighted by Crippen LogP contribution is 2.34. The summed E-state index contributed by atoms with van der Waals surface area (Å²) in [5.74, 6) is -0.985. The maximum Gasteiger partial charge on any atom is 0.322 e. The first-order valence-corrected chi connectivity index (χ1v) is 8.19. The minimum absolute atomic E-state index is 0.103. The third-order valence-corrected chi connectivity index (χ3v) is 5.86. The van der Waals surface area contributed by atoms with E-state index in [0.717, 1.165) is 4.31 Å². The van der Waals surface area contributed by atoms with E-state index in [4.69, 9.17) is 21.4 Å². The summed E-state index contributed by atoms with van der Waals surface area (Å²) < 4.78 is 31.5. The van der Waals surface area contributed by atoms with Crippen molar-refractivity contribution in [2.24, 2.45) is 0 Å². The lowest BCUT2D eigenvalue weighted by molar-refractivity contribution is -0.140. The molecule has 1 atom stereocenters. The Bertz CT molecular complexity index is 673. The largest absolute Gasteiger partial charge is 0.495 e. The number of hydrogen-bond donors (Lipinski definition) is 1. The second kappa shape index (κ2) is 5.82. The highest BCUT2D eigenvalue weighted by molar-refractivity contribution is 7.89. The molecule has 1 fully saturated rings. The van der Waals surface area contributed by atoms with Crippen LogP contribution in [0.2, 0.25) is 5.02 Å². The zero-order chi connectivity index (χ0) is 15.8. The van der Waals surface area contributed by atoms with Crippen LogP contribution in [0.15, 0.2) is 17.0 Å². The molecule has 1 heterocycles. The molecule has 8 heteroatoms. The quantitative estimate of drug-likeness (QED) is 0.909. The number of carboxylic acid groups (broad SMARTS) is 1. The van der Waals surface area contributed by atoms with E-state index in [1.54, 1.807) is 6.92 Å². The monoisotopic (exact) mass is 333 g/mol. The lowest BCUT2D eigenvalue weighted by Crippen LogP contribution is -2.40. The van der Waals surface area contributed by atoms with Crippen molar-refractivity contribution in [3.05, 3.63) is 22.7 Å². The van der Waals surface area contributed by atoms with Crippen molar-refractivity contribution in [1.82, 2.24) is 4.31 Å². The van der Waals surface area contributed by atoms with Crippen LogP contribution in [-0.4, -0.2) is 43.5 Å². The van der Waals surface area contributed by atoms with Crippen LogP contribution in [0.5, 0.6) is 5.75 Å². The summed E-state index contributed by atoms with van der Waals surface area (Å²) in [5.41, 5.74) is 0.684. The minimum Gasteiger partial charge on any atom is -0.495 e. The molecule has 0 unspecified atom stereocenters. The molecule has 0 amide bonds. The Kier molecular flexibility index (Phi) is 4.46. The highest BCUT2D eigenvalue weighted by atomic mass is 35.5. The third-order valence-electron chi connectivity index (χ3n) is 3.52. The van der Waals surface area contributed by atoms with Gasteiger partial charge >= 0.3 is 5.97 Å². The van der Waals surface area contributed by atoms with E-state index in [1.165, 1.54) is 19.2 Å². The molecule has 116 valence electrons. The summed E-state index contributed by atoms with van der Waals surface area (Å²) in [7, 11) is -2.61. The van der Waals surface area contributed by atoms with Crippen molar-refractivity contribution in [2.45, 2.75) is 30.7 Å². The fourth-order valence-electron chi connectivity index (χ4n) is 2.40. The van der Waals surface area contributed by atoms with Gasteiger partial charge in [-0.1, -0.05) is 11.6 Å². The number of carboxylic acids is 1. The van der Waals surface area contributed by atoms with Crippen molar-refractivity contribution in [3.8, 4) is 5.75 Å². The van der Waals surface area contributed by atoms with Gasteiger partial charge in [0.25, 0.3) is 0 Å². The second-order valence-electron chi connectivity index (χ2n) is 4.86. The van der Waals surface area contributed by atoms with Crippen LogP contribution in [-0.2, 0) is 14.8 Å². The Morgan fingerprint density at radius 1 is 1.48 bits per heavy atom. The van der Waals surface area contributed by atoms with Gasteiger partial charge in [0, 0.05) is 11.6 Å². The molecule has 2 rings (SSSR count). The highest BCUT2D eigenvalue weighted by Gasteiger charge is 2.40. The number of rotatable bonds is 4. The molecule has 1 aliphatic heterocycles. The Hall–Kier alpha value is -1.31. The fraction of sp³-hybridized carbons (Fsp3) is 0.462. The number of sulfonamides is 1. The van der Waals surface area contributed by atoms with Crippen molar-refractivity contribution in [3.63, 3.8) is 0 Å². The molecule has 1 aliphatic rings. The average Bonchev–Trinajstić information content (AvgIpc) is 2.91. The zero-order valence-electron chi connectivity index (χ0n) is 11.7. The number of ether oxygens (including phenoxy) is 1. The van der Waals surface area contributed by atoms with Gasteiger partial charge in [0.2, 0.25) is 10.0 Å². The van der Waals surface area contributed by atoms with Crippen LogP contribution in [0.4, 0.5) is 0 Å². The zero-order valence-corrected chi connectivity index (χ0v) is 13.2. The van der Waals surface area contributed by atoms with E-state index in [1.807, 2.05) is 0 Å². The van der Waals surface area contributed by atoms with E-state index in [0.29, 0.717) is 23.4 Å². The third kappa shape index (κ3) is 2.86. The van der Waals surface area contributed by atoms with Crippen LogP contribution in [0.25, 0.3) is 0 Å². The molecule has 0 aliphatic carbocycles. The molecule has 0 aromatic heterocycles. The molecule has 0 saturated carbocycles. The topological polar surface area (TPSA) is 83.9 Å². The van der Waals surface area contributed by atoms with Crippen LogP contribution in [0.3, 0.4) is 0 Å². The van der Waals surface area contributed by atoms with E-state index in [9.17, 15) is 13.2 Å². The Morgan fingerprint density at radius 2 is 2.14 bits per heavy atom. The normalized spacial score (nSPS) is 19.7. The SMILES string of the molecule is COc1cc(C)c(Cl)cc1S(=O)(=O)N1CCC[C@H]1C(=O)O. The van der Waals surface area contributed by atoms with Gasteiger partial charge in [-0.2, -0.15) is 4.31 Å². The van der Waals surface area contributed by atoms with Crippen LogP contribution in [0, 0.1) is 6.92 Å². The number of methoxy groups -OCH3 is 1. The summed E-state index contributed by atoms with van der Waals surface area (Å²) in [6.07, 6.45) is 0.814. The van der Waals surface area contributed by atoms with Crippen LogP contribution >= 0.6 is 11.6 Å². The average molecular weight is 334 g/mol. The van der Waals surface area contributed by atoms with Crippen molar-refractivity contribution in [1.29, 1.82) is 0 Å². The van der Waals surface area contributed by atoms with Gasteiger partial charge in [-0.3, -0.25) is 4.79 Å². The van der Waals surface area contributed by atoms with Gasteiger partial charge in [-0.15, -0.1) is 0 Å². The first kappa shape index (κ1) is 16.1. The number of carbonyl (C=O) groups is 1. The molecule has 0 bridgehead atoms. The van der Waals surface area contributed by atoms with Gasteiger partial charge in [0.05, 0.1) is 7.11 Å². The Balaban J connectivity index is 2.54. The number of aliphatic carboxylic acids is 1. The molecule has 21 heavy (non-hydrogen) atoms. The molecule has 1 aromatic rings. The first-order valence-electron chi connectivity index (χ1n) is 6.38. The molecule has 1 N–H and O–H groups in total. The van der Waals surface area contributed by atoms with Crippen LogP contribution < -0.4 is 4.74 Å². The van der Waals surface area contributed by atoms with Gasteiger partial charge in [0.1, 0.15) is 16.7 Å². The number of halogens is 1. The van der Waals surface area contributed by atoms with Crippen molar-refractivity contribution >= 4 is 27.6 Å². The Morgan fingerprint density at radius 3 is 2.71 bits per heavy atom. The molecular weight excluding hydrogens is 318 g/mol. The van der Waals surface area contributed by atoms with Gasteiger partial charge in [-0.25, -0.2) is 8.42 Å². The predicted molar refractivity (Wildman–Crippen MR) is 77.3 cm³/mol. The van der Waals surface area contributed by atoms with Gasteiger partial charge in [0.15, 0.2) is 0 Å². The maximum atomic E-state index is 12.7. The number of benzene rings is 1. The number of hydrogen-bond acceptors (Lipinski definition) is 4. The van der Waals surface area contributed by atoms with E-state index >= 15 is 0 Å².